The molecule has 1 aliphatic rings. The van der Waals surface area contributed by atoms with Crippen molar-refractivity contribution in [3.8, 4) is 11.4 Å². The summed E-state index contributed by atoms with van der Waals surface area (Å²) >= 11 is 1.66. The molecule has 7 rings (SSSR count). The number of thiophene rings is 1. The Bertz CT molecular complexity index is 1770. The minimum atomic E-state index is -0.198. The van der Waals surface area contributed by atoms with Gasteiger partial charge in [-0.15, -0.1) is 11.3 Å². The van der Waals surface area contributed by atoms with E-state index in [4.69, 9.17) is 19.7 Å². The Balaban J connectivity index is 1.29. The standard InChI is InChI=1S/C29H26N6OS/c1-29(2)14-23-19(15-36-29)13-20-24-25(37-28(20)33-23)27(35-26(34-24)18-6-4-3-5-7-18)30-11-10-17-8-9-21-22(12-17)32-16-31-21/h3-9,12-13,16H,10-11,14-15H2,1-2H3,(H,31,32)(H,30,34,35). The fourth-order valence-corrected chi connectivity index (χ4v) is 6.03. The van der Waals surface area contributed by atoms with Crippen LogP contribution in [0.3, 0.4) is 0 Å². The number of pyridine rings is 1. The van der Waals surface area contributed by atoms with Gasteiger partial charge in [0.1, 0.15) is 10.6 Å². The third kappa shape index (κ3) is 4.12. The van der Waals surface area contributed by atoms with E-state index < -0.39 is 0 Å². The Labute approximate surface area is 218 Å². The lowest BCUT2D eigenvalue weighted by molar-refractivity contribution is -0.0411. The van der Waals surface area contributed by atoms with Crippen LogP contribution in [0, 0.1) is 0 Å². The molecule has 0 bridgehead atoms. The monoisotopic (exact) mass is 506 g/mol. The van der Waals surface area contributed by atoms with Crippen LogP contribution < -0.4 is 5.32 Å². The smallest absolute Gasteiger partial charge is 0.162 e. The van der Waals surface area contributed by atoms with Crippen molar-refractivity contribution in [3.63, 3.8) is 0 Å². The number of ether oxygens (including phenoxy) is 1. The second-order valence-corrected chi connectivity index (χ2v) is 11.1. The average Bonchev–Trinajstić information content (AvgIpc) is 3.51. The van der Waals surface area contributed by atoms with Crippen molar-refractivity contribution in [2.45, 2.75) is 38.9 Å². The summed E-state index contributed by atoms with van der Waals surface area (Å²) in [5.74, 6) is 1.56. The fourth-order valence-electron chi connectivity index (χ4n) is 4.95. The van der Waals surface area contributed by atoms with Gasteiger partial charge in [0.05, 0.1) is 45.5 Å². The van der Waals surface area contributed by atoms with E-state index in [2.05, 4.69) is 65.5 Å². The number of nitrogens with one attached hydrogen (secondary N) is 2. The molecule has 7 nitrogen and oxygen atoms in total. The summed E-state index contributed by atoms with van der Waals surface area (Å²) in [5, 5.41) is 4.68. The van der Waals surface area contributed by atoms with Gasteiger partial charge in [0.2, 0.25) is 0 Å². The molecule has 5 heterocycles. The molecule has 0 radical (unpaired) electrons. The number of aromatic amines is 1. The van der Waals surface area contributed by atoms with Crippen LogP contribution in [0.2, 0.25) is 0 Å². The highest BCUT2D eigenvalue weighted by Gasteiger charge is 2.28. The van der Waals surface area contributed by atoms with Gasteiger partial charge in [0.15, 0.2) is 5.82 Å². The fraction of sp³-hybridized carbons (Fsp3) is 0.241. The predicted octanol–water partition coefficient (Wildman–Crippen LogP) is 6.29. The number of rotatable bonds is 5. The highest BCUT2D eigenvalue weighted by molar-refractivity contribution is 7.25. The summed E-state index contributed by atoms with van der Waals surface area (Å²) in [5.41, 5.74) is 7.28. The normalized spacial score (nSPS) is 14.9. The molecule has 37 heavy (non-hydrogen) atoms. The number of nitrogens with zero attached hydrogens (tertiary/aromatic N) is 4. The number of H-pyrrole nitrogens is 1. The van der Waals surface area contributed by atoms with Crippen molar-refractivity contribution in [2.75, 3.05) is 11.9 Å². The van der Waals surface area contributed by atoms with E-state index in [0.29, 0.717) is 12.4 Å². The third-order valence-corrected chi connectivity index (χ3v) is 8.01. The minimum absolute atomic E-state index is 0.198. The van der Waals surface area contributed by atoms with Gasteiger partial charge in [-0.3, -0.25) is 0 Å². The summed E-state index contributed by atoms with van der Waals surface area (Å²) in [6.07, 6.45) is 3.40. The second-order valence-electron chi connectivity index (χ2n) is 10.1. The molecular weight excluding hydrogens is 480 g/mol. The van der Waals surface area contributed by atoms with Gasteiger partial charge in [-0.05, 0) is 44.0 Å². The van der Waals surface area contributed by atoms with Gasteiger partial charge >= 0.3 is 0 Å². The Hall–Kier alpha value is -3.88. The van der Waals surface area contributed by atoms with Crippen molar-refractivity contribution in [1.82, 2.24) is 24.9 Å². The van der Waals surface area contributed by atoms with Gasteiger partial charge in [-0.1, -0.05) is 36.4 Å². The number of fused-ring (bicyclic) bond motifs is 5. The number of imidazole rings is 1. The molecule has 0 spiro atoms. The van der Waals surface area contributed by atoms with Gasteiger partial charge in [-0.2, -0.15) is 0 Å². The number of benzene rings is 2. The van der Waals surface area contributed by atoms with E-state index in [1.54, 1.807) is 17.7 Å². The van der Waals surface area contributed by atoms with E-state index in [1.807, 2.05) is 18.2 Å². The Morgan fingerprint density at radius 3 is 2.84 bits per heavy atom. The molecule has 8 heteroatoms. The van der Waals surface area contributed by atoms with Crippen molar-refractivity contribution in [3.05, 3.63) is 77.7 Å². The van der Waals surface area contributed by atoms with Crippen molar-refractivity contribution < 1.29 is 4.74 Å². The minimum Gasteiger partial charge on any atom is -0.370 e. The maximum absolute atomic E-state index is 6.07. The van der Waals surface area contributed by atoms with E-state index in [0.717, 1.165) is 73.5 Å². The quantitative estimate of drug-likeness (QED) is 0.286. The third-order valence-electron chi connectivity index (χ3n) is 6.91. The summed E-state index contributed by atoms with van der Waals surface area (Å²) < 4.78 is 7.11. The predicted molar refractivity (Wildman–Crippen MR) is 149 cm³/mol. The first-order valence-electron chi connectivity index (χ1n) is 12.5. The number of hydrogen-bond acceptors (Lipinski definition) is 7. The van der Waals surface area contributed by atoms with Crippen molar-refractivity contribution in [2.24, 2.45) is 0 Å². The zero-order valence-electron chi connectivity index (χ0n) is 20.7. The highest BCUT2D eigenvalue weighted by Crippen LogP contribution is 2.39. The molecule has 4 aromatic heterocycles. The molecule has 0 saturated heterocycles. The molecular formula is C29H26N6OS. The zero-order chi connectivity index (χ0) is 25.0. The Morgan fingerprint density at radius 1 is 1.05 bits per heavy atom. The number of aromatic nitrogens is 5. The SMILES string of the molecule is CC1(C)Cc2nc3sc4c(NCCc5ccc6nc[nH]c6c5)nc(-c5ccccc5)nc4c3cc2CO1. The Kier molecular flexibility index (Phi) is 5.19. The van der Waals surface area contributed by atoms with Crippen LogP contribution in [0.1, 0.15) is 30.7 Å². The largest absolute Gasteiger partial charge is 0.370 e. The molecule has 2 aromatic carbocycles. The van der Waals surface area contributed by atoms with Gasteiger partial charge in [0.25, 0.3) is 0 Å². The molecule has 0 amide bonds. The average molecular weight is 507 g/mol. The Morgan fingerprint density at radius 2 is 1.95 bits per heavy atom. The molecule has 1 aliphatic heterocycles. The van der Waals surface area contributed by atoms with Gasteiger partial charge in [0, 0.05) is 29.5 Å². The zero-order valence-corrected chi connectivity index (χ0v) is 21.5. The maximum atomic E-state index is 6.07. The highest BCUT2D eigenvalue weighted by atomic mass is 32.1. The molecule has 0 fully saturated rings. The molecule has 0 saturated carbocycles. The summed E-state index contributed by atoms with van der Waals surface area (Å²) in [4.78, 5) is 23.6. The lowest BCUT2D eigenvalue weighted by Gasteiger charge is -2.30. The molecule has 184 valence electrons. The lowest BCUT2D eigenvalue weighted by Crippen LogP contribution is -2.32. The van der Waals surface area contributed by atoms with Crippen molar-refractivity contribution in [1.29, 1.82) is 0 Å². The van der Waals surface area contributed by atoms with Crippen LogP contribution in [0.5, 0.6) is 0 Å². The molecule has 6 aromatic rings. The van der Waals surface area contributed by atoms with Crippen LogP contribution in [-0.4, -0.2) is 37.1 Å². The van der Waals surface area contributed by atoms with Crippen LogP contribution in [0.25, 0.3) is 42.9 Å². The van der Waals surface area contributed by atoms with Crippen LogP contribution >= 0.6 is 11.3 Å². The first-order chi connectivity index (χ1) is 18.0. The van der Waals surface area contributed by atoms with Gasteiger partial charge < -0.3 is 15.0 Å². The number of hydrogen-bond donors (Lipinski definition) is 2. The van der Waals surface area contributed by atoms with E-state index >= 15 is 0 Å². The second kappa shape index (κ2) is 8.61. The first-order valence-corrected chi connectivity index (χ1v) is 13.3. The molecule has 2 N–H and O–H groups in total. The van der Waals surface area contributed by atoms with Gasteiger partial charge in [-0.25, -0.2) is 19.9 Å². The van der Waals surface area contributed by atoms with Crippen molar-refractivity contribution >= 4 is 48.6 Å². The topological polar surface area (TPSA) is 88.6 Å². The molecule has 0 unspecified atom stereocenters. The molecule has 0 aliphatic carbocycles. The van der Waals surface area contributed by atoms with Crippen LogP contribution in [0.4, 0.5) is 5.82 Å². The van der Waals surface area contributed by atoms with Crippen LogP contribution in [-0.2, 0) is 24.2 Å². The lowest BCUT2D eigenvalue weighted by atomic mass is 9.95. The van der Waals surface area contributed by atoms with Crippen LogP contribution in [0.15, 0.2) is 60.9 Å². The van der Waals surface area contributed by atoms with E-state index in [9.17, 15) is 0 Å². The number of anilines is 1. The summed E-state index contributed by atoms with van der Waals surface area (Å²) in [7, 11) is 0. The molecule has 0 atom stereocenters. The van der Waals surface area contributed by atoms with E-state index in [-0.39, 0.29) is 5.60 Å². The maximum Gasteiger partial charge on any atom is 0.162 e. The van der Waals surface area contributed by atoms with E-state index in [1.165, 1.54) is 5.56 Å². The summed E-state index contributed by atoms with van der Waals surface area (Å²) in [6.45, 7) is 5.57. The first kappa shape index (κ1) is 22.3. The summed E-state index contributed by atoms with van der Waals surface area (Å²) in [6, 6.07) is 18.7.